The van der Waals surface area contributed by atoms with E-state index in [1.54, 1.807) is 6.92 Å². The third-order valence-electron chi connectivity index (χ3n) is 5.04. The second-order valence-electron chi connectivity index (χ2n) is 6.93. The van der Waals surface area contributed by atoms with Crippen molar-refractivity contribution in [3.63, 3.8) is 0 Å². The summed E-state index contributed by atoms with van der Waals surface area (Å²) in [6, 6.07) is 6.23. The zero-order chi connectivity index (χ0) is 18.6. The van der Waals surface area contributed by atoms with Crippen LogP contribution in [0.5, 0.6) is 0 Å². The Morgan fingerprint density at radius 1 is 1.32 bits per heavy atom. The maximum Gasteiger partial charge on any atom is 0.224 e. The number of benzene rings is 1. The number of carbonyl (C=O) groups excluding carboxylic acids is 1. The summed E-state index contributed by atoms with van der Waals surface area (Å²) < 4.78 is 25.7. The summed E-state index contributed by atoms with van der Waals surface area (Å²) in [4.78, 5) is 12.7. The lowest BCUT2D eigenvalue weighted by Gasteiger charge is -2.32. The standard InChI is InChI=1S/C19H30N2O3S/c1-5-18(17-10-9-14(3)12-15(17)4)20-19(22)16-8-7-11-21(13-16)25(23,24)6-2/h9-10,12,16,18H,5-8,11,13H2,1-4H3,(H,20,22)/t16-,18+/m0/s1. The monoisotopic (exact) mass is 366 g/mol. The highest BCUT2D eigenvalue weighted by atomic mass is 32.2. The second-order valence-corrected chi connectivity index (χ2v) is 9.18. The summed E-state index contributed by atoms with van der Waals surface area (Å²) in [5.74, 6) is -0.223. The van der Waals surface area contributed by atoms with Crippen molar-refractivity contribution in [1.82, 2.24) is 9.62 Å². The summed E-state index contributed by atoms with van der Waals surface area (Å²) in [7, 11) is -3.23. The van der Waals surface area contributed by atoms with Gasteiger partial charge in [0.2, 0.25) is 15.9 Å². The number of hydrogen-bond acceptors (Lipinski definition) is 3. The molecule has 0 radical (unpaired) electrons. The molecule has 140 valence electrons. The van der Waals surface area contributed by atoms with Gasteiger partial charge in [0.25, 0.3) is 0 Å². The van der Waals surface area contributed by atoms with Crippen LogP contribution in [0, 0.1) is 19.8 Å². The molecule has 1 aliphatic rings. The largest absolute Gasteiger partial charge is 0.349 e. The summed E-state index contributed by atoms with van der Waals surface area (Å²) in [5.41, 5.74) is 3.51. The van der Waals surface area contributed by atoms with E-state index in [0.717, 1.165) is 24.8 Å². The Bertz CT molecular complexity index is 715. The van der Waals surface area contributed by atoms with Crippen LogP contribution in [-0.4, -0.2) is 37.5 Å². The number of piperidine rings is 1. The SMILES string of the molecule is CC[C@@H](NC(=O)[C@H]1CCCN(S(=O)(=O)CC)C1)c1ccc(C)cc1C. The van der Waals surface area contributed by atoms with Crippen LogP contribution in [-0.2, 0) is 14.8 Å². The molecule has 1 aliphatic heterocycles. The topological polar surface area (TPSA) is 66.5 Å². The van der Waals surface area contributed by atoms with Crippen molar-refractivity contribution >= 4 is 15.9 Å². The number of sulfonamides is 1. The summed E-state index contributed by atoms with van der Waals surface area (Å²) in [6.45, 7) is 8.64. The smallest absolute Gasteiger partial charge is 0.224 e. The predicted molar refractivity (Wildman–Crippen MR) is 101 cm³/mol. The zero-order valence-electron chi connectivity index (χ0n) is 15.7. The second kappa shape index (κ2) is 8.32. The van der Waals surface area contributed by atoms with Crippen LogP contribution in [0.1, 0.15) is 55.8 Å². The minimum absolute atomic E-state index is 0.0359. The maximum atomic E-state index is 12.7. The molecule has 1 N–H and O–H groups in total. The Balaban J connectivity index is 2.09. The van der Waals surface area contributed by atoms with Crippen LogP contribution >= 0.6 is 0 Å². The summed E-state index contributed by atoms with van der Waals surface area (Å²) >= 11 is 0. The predicted octanol–water partition coefficient (Wildman–Crippen LogP) is 2.93. The zero-order valence-corrected chi connectivity index (χ0v) is 16.5. The highest BCUT2D eigenvalue weighted by Crippen LogP contribution is 2.24. The molecule has 0 aliphatic carbocycles. The summed E-state index contributed by atoms with van der Waals surface area (Å²) in [6.07, 6.45) is 2.28. The Morgan fingerprint density at radius 2 is 2.04 bits per heavy atom. The minimum atomic E-state index is -3.23. The van der Waals surface area contributed by atoms with Gasteiger partial charge in [-0.25, -0.2) is 12.7 Å². The first-order valence-corrected chi connectivity index (χ1v) is 10.7. The molecular formula is C19H30N2O3S. The van der Waals surface area contributed by atoms with Crippen molar-refractivity contribution in [3.05, 3.63) is 34.9 Å². The Labute approximate surface area is 151 Å². The Morgan fingerprint density at radius 3 is 2.64 bits per heavy atom. The van der Waals surface area contributed by atoms with E-state index in [9.17, 15) is 13.2 Å². The molecule has 5 nitrogen and oxygen atoms in total. The van der Waals surface area contributed by atoms with Gasteiger partial charge < -0.3 is 5.32 Å². The average Bonchev–Trinajstić information content (AvgIpc) is 2.60. The molecule has 0 saturated carbocycles. The molecular weight excluding hydrogens is 336 g/mol. The minimum Gasteiger partial charge on any atom is -0.349 e. The van der Waals surface area contributed by atoms with E-state index in [1.807, 2.05) is 0 Å². The van der Waals surface area contributed by atoms with Gasteiger partial charge in [-0.3, -0.25) is 4.79 Å². The molecule has 1 amide bonds. The van der Waals surface area contributed by atoms with Crippen molar-refractivity contribution < 1.29 is 13.2 Å². The van der Waals surface area contributed by atoms with Crippen molar-refractivity contribution in [3.8, 4) is 0 Å². The molecule has 2 atom stereocenters. The molecule has 0 unspecified atom stereocenters. The van der Waals surface area contributed by atoms with E-state index in [4.69, 9.17) is 0 Å². The number of aryl methyl sites for hydroxylation is 2. The van der Waals surface area contributed by atoms with Crippen LogP contribution in [0.15, 0.2) is 18.2 Å². The molecule has 0 bridgehead atoms. The highest BCUT2D eigenvalue weighted by Gasteiger charge is 2.32. The Kier molecular flexibility index (Phi) is 6.63. The Hall–Kier alpha value is -1.40. The van der Waals surface area contributed by atoms with Gasteiger partial charge in [-0.15, -0.1) is 0 Å². The van der Waals surface area contributed by atoms with Crippen LogP contribution in [0.3, 0.4) is 0 Å². The van der Waals surface area contributed by atoms with Crippen molar-refractivity contribution in [2.75, 3.05) is 18.8 Å². The van der Waals surface area contributed by atoms with Gasteiger partial charge in [0.15, 0.2) is 0 Å². The fraction of sp³-hybridized carbons (Fsp3) is 0.632. The first-order chi connectivity index (χ1) is 11.8. The van der Waals surface area contributed by atoms with E-state index in [0.29, 0.717) is 13.1 Å². The van der Waals surface area contributed by atoms with E-state index in [1.165, 1.54) is 15.4 Å². The highest BCUT2D eigenvalue weighted by molar-refractivity contribution is 7.89. The van der Waals surface area contributed by atoms with Crippen LogP contribution in [0.2, 0.25) is 0 Å². The number of carbonyl (C=O) groups is 1. The summed E-state index contributed by atoms with van der Waals surface area (Å²) in [5, 5.41) is 3.14. The molecule has 1 aromatic rings. The third-order valence-corrected chi connectivity index (χ3v) is 6.89. The number of amides is 1. The fourth-order valence-electron chi connectivity index (χ4n) is 3.50. The van der Waals surface area contributed by atoms with Gasteiger partial charge in [0.05, 0.1) is 17.7 Å². The molecule has 1 aromatic carbocycles. The van der Waals surface area contributed by atoms with E-state index >= 15 is 0 Å². The number of nitrogens with one attached hydrogen (secondary N) is 1. The first-order valence-electron chi connectivity index (χ1n) is 9.13. The molecule has 1 fully saturated rings. The normalized spacial score (nSPS) is 20.2. The van der Waals surface area contributed by atoms with Gasteiger partial charge in [-0.2, -0.15) is 0 Å². The lowest BCUT2D eigenvalue weighted by atomic mass is 9.95. The first kappa shape index (κ1) is 19.9. The lowest BCUT2D eigenvalue weighted by Crippen LogP contribution is -2.46. The average molecular weight is 367 g/mol. The van der Waals surface area contributed by atoms with E-state index < -0.39 is 10.0 Å². The third kappa shape index (κ3) is 4.82. The van der Waals surface area contributed by atoms with Gasteiger partial charge in [-0.05, 0) is 51.2 Å². The van der Waals surface area contributed by atoms with Crippen molar-refractivity contribution in [2.45, 2.75) is 53.0 Å². The number of nitrogens with zero attached hydrogens (tertiary/aromatic N) is 1. The van der Waals surface area contributed by atoms with Crippen LogP contribution in [0.25, 0.3) is 0 Å². The lowest BCUT2D eigenvalue weighted by molar-refractivity contribution is -0.126. The van der Waals surface area contributed by atoms with E-state index in [2.05, 4.69) is 44.3 Å². The van der Waals surface area contributed by atoms with E-state index in [-0.39, 0.29) is 23.6 Å². The van der Waals surface area contributed by atoms with Gasteiger partial charge in [-0.1, -0.05) is 30.7 Å². The van der Waals surface area contributed by atoms with Crippen molar-refractivity contribution in [1.29, 1.82) is 0 Å². The van der Waals surface area contributed by atoms with Crippen LogP contribution < -0.4 is 5.32 Å². The van der Waals surface area contributed by atoms with Crippen LogP contribution in [0.4, 0.5) is 0 Å². The number of hydrogen-bond donors (Lipinski definition) is 1. The van der Waals surface area contributed by atoms with Crippen molar-refractivity contribution in [2.24, 2.45) is 5.92 Å². The van der Waals surface area contributed by atoms with Gasteiger partial charge in [0, 0.05) is 13.1 Å². The molecule has 0 spiro atoms. The molecule has 6 heteroatoms. The molecule has 1 saturated heterocycles. The molecule has 0 aromatic heterocycles. The van der Waals surface area contributed by atoms with Gasteiger partial charge in [0.1, 0.15) is 0 Å². The molecule has 1 heterocycles. The van der Waals surface area contributed by atoms with Gasteiger partial charge >= 0.3 is 0 Å². The fourth-order valence-corrected chi connectivity index (χ4v) is 4.68. The number of rotatable bonds is 6. The quantitative estimate of drug-likeness (QED) is 0.842. The molecule has 2 rings (SSSR count). The maximum absolute atomic E-state index is 12.7. The molecule has 25 heavy (non-hydrogen) atoms.